The van der Waals surface area contributed by atoms with E-state index in [2.05, 4.69) is 5.16 Å². The molecule has 0 unspecified atom stereocenters. The summed E-state index contributed by atoms with van der Waals surface area (Å²) in [6.45, 7) is 0.0163. The normalized spacial score (nSPS) is 11.4. The second kappa shape index (κ2) is 9.76. The van der Waals surface area contributed by atoms with Crippen LogP contribution in [0.15, 0.2) is 59.8 Å². The SMILES string of the molecule is COCOc1c(OC)cc(C(=NOC)C(=O)O)c2cccc(Cc3ccccc3)c12. The van der Waals surface area contributed by atoms with Gasteiger partial charge in [-0.2, -0.15) is 0 Å². The number of rotatable bonds is 9. The van der Waals surface area contributed by atoms with Crippen LogP contribution < -0.4 is 9.47 Å². The zero-order valence-corrected chi connectivity index (χ0v) is 17.0. The van der Waals surface area contributed by atoms with Gasteiger partial charge in [-0.15, -0.1) is 0 Å². The Morgan fingerprint density at radius 1 is 1.03 bits per heavy atom. The predicted molar refractivity (Wildman–Crippen MR) is 113 cm³/mol. The quantitative estimate of drug-likeness (QED) is 0.328. The summed E-state index contributed by atoms with van der Waals surface area (Å²) in [6, 6.07) is 17.2. The average molecular weight is 409 g/mol. The summed E-state index contributed by atoms with van der Waals surface area (Å²) in [7, 11) is 4.33. The zero-order chi connectivity index (χ0) is 21.5. The summed E-state index contributed by atoms with van der Waals surface area (Å²) >= 11 is 0. The average Bonchev–Trinajstić information content (AvgIpc) is 2.76. The standard InChI is InChI=1S/C23H23NO6/c1-27-14-30-22-19(28-2)13-18(21(23(25)26)24-29-3)17-11-7-10-16(20(17)22)12-15-8-5-4-6-9-15/h4-11,13H,12,14H2,1-3H3,(H,25,26). The molecule has 3 aromatic carbocycles. The van der Waals surface area contributed by atoms with E-state index < -0.39 is 5.97 Å². The molecule has 7 nitrogen and oxygen atoms in total. The van der Waals surface area contributed by atoms with Gasteiger partial charge in [0.05, 0.1) is 7.11 Å². The first kappa shape index (κ1) is 21.1. The number of oxime groups is 1. The van der Waals surface area contributed by atoms with Crippen LogP contribution in [0.4, 0.5) is 0 Å². The van der Waals surface area contributed by atoms with Gasteiger partial charge >= 0.3 is 5.97 Å². The van der Waals surface area contributed by atoms with Crippen molar-refractivity contribution in [1.29, 1.82) is 0 Å². The molecule has 0 saturated carbocycles. The fourth-order valence-electron chi connectivity index (χ4n) is 3.36. The molecule has 0 atom stereocenters. The predicted octanol–water partition coefficient (Wildman–Crippen LogP) is 3.86. The Bertz CT molecular complexity index is 1060. The molecule has 0 bridgehead atoms. The fourth-order valence-corrected chi connectivity index (χ4v) is 3.36. The second-order valence-corrected chi connectivity index (χ2v) is 6.44. The van der Waals surface area contributed by atoms with E-state index in [1.54, 1.807) is 6.07 Å². The lowest BCUT2D eigenvalue weighted by molar-refractivity contribution is -0.129. The highest BCUT2D eigenvalue weighted by Crippen LogP contribution is 2.41. The highest BCUT2D eigenvalue weighted by Gasteiger charge is 2.23. The van der Waals surface area contributed by atoms with E-state index in [0.717, 1.165) is 16.5 Å². The summed E-state index contributed by atoms with van der Waals surface area (Å²) in [5.74, 6) is -0.355. The number of hydrogen-bond acceptors (Lipinski definition) is 6. The first-order valence-corrected chi connectivity index (χ1v) is 9.23. The minimum absolute atomic E-state index is 0.0163. The molecule has 30 heavy (non-hydrogen) atoms. The molecule has 3 rings (SSSR count). The number of aliphatic carboxylic acids is 1. The first-order chi connectivity index (χ1) is 14.6. The largest absolute Gasteiger partial charge is 0.493 e. The van der Waals surface area contributed by atoms with Crippen LogP contribution in [0.25, 0.3) is 10.8 Å². The van der Waals surface area contributed by atoms with Crippen LogP contribution >= 0.6 is 0 Å². The van der Waals surface area contributed by atoms with Gasteiger partial charge in [0.15, 0.2) is 24.0 Å². The molecule has 3 aromatic rings. The van der Waals surface area contributed by atoms with Crippen LogP contribution in [0.2, 0.25) is 0 Å². The highest BCUT2D eigenvalue weighted by molar-refractivity contribution is 6.45. The van der Waals surface area contributed by atoms with E-state index in [-0.39, 0.29) is 12.5 Å². The van der Waals surface area contributed by atoms with Crippen LogP contribution in [-0.2, 0) is 20.8 Å². The molecule has 0 radical (unpaired) electrons. The van der Waals surface area contributed by atoms with E-state index in [4.69, 9.17) is 19.0 Å². The van der Waals surface area contributed by atoms with Crippen LogP contribution in [0.1, 0.15) is 16.7 Å². The highest BCUT2D eigenvalue weighted by atomic mass is 16.7. The van der Waals surface area contributed by atoms with E-state index in [1.165, 1.54) is 21.3 Å². The lowest BCUT2D eigenvalue weighted by Gasteiger charge is -2.18. The third-order valence-electron chi connectivity index (χ3n) is 4.59. The Hall–Kier alpha value is -3.58. The molecule has 1 N–H and O–H groups in total. The maximum Gasteiger partial charge on any atom is 0.358 e. The Labute approximate surface area is 174 Å². The summed E-state index contributed by atoms with van der Waals surface area (Å²) in [5, 5.41) is 14.8. The lowest BCUT2D eigenvalue weighted by atomic mass is 9.93. The summed E-state index contributed by atoms with van der Waals surface area (Å²) in [5.41, 5.74) is 2.20. The maximum absolute atomic E-state index is 11.9. The molecule has 0 aliphatic heterocycles. The van der Waals surface area contributed by atoms with Crippen LogP contribution in [-0.4, -0.2) is 44.9 Å². The topological polar surface area (TPSA) is 86.6 Å². The Morgan fingerprint density at radius 3 is 2.43 bits per heavy atom. The van der Waals surface area contributed by atoms with Crippen molar-refractivity contribution in [3.63, 3.8) is 0 Å². The Morgan fingerprint density at radius 2 is 1.80 bits per heavy atom. The van der Waals surface area contributed by atoms with E-state index >= 15 is 0 Å². The fraction of sp³-hybridized carbons (Fsp3) is 0.217. The number of carbonyl (C=O) groups is 1. The van der Waals surface area contributed by atoms with Crippen molar-refractivity contribution < 1.29 is 28.9 Å². The van der Waals surface area contributed by atoms with Crippen molar-refractivity contribution in [3.8, 4) is 11.5 Å². The van der Waals surface area contributed by atoms with Crippen molar-refractivity contribution >= 4 is 22.5 Å². The monoisotopic (exact) mass is 409 g/mol. The third-order valence-corrected chi connectivity index (χ3v) is 4.59. The van der Waals surface area contributed by atoms with Gasteiger partial charge in [-0.3, -0.25) is 0 Å². The molecular formula is C23H23NO6. The van der Waals surface area contributed by atoms with Crippen LogP contribution in [0, 0.1) is 0 Å². The van der Waals surface area contributed by atoms with Gasteiger partial charge in [-0.05, 0) is 29.0 Å². The summed E-state index contributed by atoms with van der Waals surface area (Å²) in [4.78, 5) is 16.6. The van der Waals surface area contributed by atoms with Gasteiger partial charge in [-0.1, -0.05) is 53.7 Å². The van der Waals surface area contributed by atoms with Crippen molar-refractivity contribution in [3.05, 3.63) is 71.3 Å². The number of methoxy groups -OCH3 is 2. The second-order valence-electron chi connectivity index (χ2n) is 6.44. The van der Waals surface area contributed by atoms with E-state index in [9.17, 15) is 9.90 Å². The van der Waals surface area contributed by atoms with Gasteiger partial charge in [-0.25, -0.2) is 4.79 Å². The number of nitrogens with zero attached hydrogens (tertiary/aromatic N) is 1. The molecule has 0 spiro atoms. The Kier molecular flexibility index (Phi) is 6.87. The number of fused-ring (bicyclic) bond motifs is 1. The van der Waals surface area contributed by atoms with Crippen LogP contribution in [0.5, 0.6) is 11.5 Å². The van der Waals surface area contributed by atoms with Crippen molar-refractivity contribution in [2.24, 2.45) is 5.16 Å². The van der Waals surface area contributed by atoms with Crippen molar-refractivity contribution in [1.82, 2.24) is 0 Å². The smallest absolute Gasteiger partial charge is 0.358 e. The van der Waals surface area contributed by atoms with Crippen molar-refractivity contribution in [2.45, 2.75) is 6.42 Å². The van der Waals surface area contributed by atoms with E-state index in [0.29, 0.717) is 28.9 Å². The molecule has 0 aliphatic rings. The summed E-state index contributed by atoms with van der Waals surface area (Å²) < 4.78 is 16.5. The molecule has 0 aromatic heterocycles. The van der Waals surface area contributed by atoms with Gasteiger partial charge < -0.3 is 24.2 Å². The number of benzene rings is 3. The molecular weight excluding hydrogens is 386 g/mol. The molecule has 156 valence electrons. The maximum atomic E-state index is 11.9. The third kappa shape index (κ3) is 4.36. The first-order valence-electron chi connectivity index (χ1n) is 9.23. The summed E-state index contributed by atoms with van der Waals surface area (Å²) in [6.07, 6.45) is 0.623. The minimum atomic E-state index is -1.21. The lowest BCUT2D eigenvalue weighted by Crippen LogP contribution is -2.16. The minimum Gasteiger partial charge on any atom is -0.493 e. The van der Waals surface area contributed by atoms with Gasteiger partial charge in [0.25, 0.3) is 0 Å². The molecule has 0 amide bonds. The van der Waals surface area contributed by atoms with Gasteiger partial charge in [0, 0.05) is 18.1 Å². The van der Waals surface area contributed by atoms with Crippen molar-refractivity contribution in [2.75, 3.05) is 28.1 Å². The number of hydrogen-bond donors (Lipinski definition) is 1. The van der Waals surface area contributed by atoms with Gasteiger partial charge in [0.2, 0.25) is 0 Å². The molecule has 0 heterocycles. The zero-order valence-electron chi connectivity index (χ0n) is 17.0. The number of ether oxygens (including phenoxy) is 3. The van der Waals surface area contributed by atoms with Crippen LogP contribution in [0.3, 0.4) is 0 Å². The molecule has 0 aliphatic carbocycles. The molecule has 0 saturated heterocycles. The molecule has 0 fully saturated rings. The number of carboxylic acid groups (broad SMARTS) is 1. The Balaban J connectivity index is 2.33. The van der Waals surface area contributed by atoms with E-state index in [1.807, 2.05) is 48.5 Å². The molecule has 7 heteroatoms. The van der Waals surface area contributed by atoms with Gasteiger partial charge in [0.1, 0.15) is 7.11 Å². The number of carboxylic acids is 1.